The number of aryl methyl sites for hydroxylation is 2. The van der Waals surface area contributed by atoms with E-state index in [0.717, 1.165) is 22.6 Å². The molecule has 22 heavy (non-hydrogen) atoms. The van der Waals surface area contributed by atoms with Gasteiger partial charge in [0, 0.05) is 5.56 Å². The van der Waals surface area contributed by atoms with Gasteiger partial charge in [-0.1, -0.05) is 12.1 Å². The highest BCUT2D eigenvalue weighted by Crippen LogP contribution is 2.36. The summed E-state index contributed by atoms with van der Waals surface area (Å²) in [4.78, 5) is 14.6. The zero-order valence-corrected chi connectivity index (χ0v) is 12.6. The van der Waals surface area contributed by atoms with Crippen LogP contribution < -0.4 is 9.64 Å². The lowest BCUT2D eigenvalue weighted by Crippen LogP contribution is -2.38. The molecule has 0 atom stereocenters. The number of fused-ring (bicyclic) bond motifs is 1. The first kappa shape index (κ1) is 14.2. The monoisotopic (exact) mass is 292 g/mol. The lowest BCUT2D eigenvalue weighted by molar-refractivity contribution is 0.0976. The van der Waals surface area contributed by atoms with Gasteiger partial charge in [0.05, 0.1) is 23.9 Å². The van der Waals surface area contributed by atoms with Crippen LogP contribution in [0.4, 0.5) is 5.69 Å². The molecule has 1 aliphatic heterocycles. The summed E-state index contributed by atoms with van der Waals surface area (Å²) in [5.74, 6) is 0.641. The maximum Gasteiger partial charge on any atom is 0.258 e. The third-order valence-corrected chi connectivity index (χ3v) is 3.74. The first-order valence-electron chi connectivity index (χ1n) is 7.16. The van der Waals surface area contributed by atoms with E-state index >= 15 is 0 Å². The minimum atomic E-state index is -0.103. The van der Waals surface area contributed by atoms with Gasteiger partial charge < -0.3 is 9.64 Å². The Morgan fingerprint density at radius 2 is 2.09 bits per heavy atom. The summed E-state index contributed by atoms with van der Waals surface area (Å²) >= 11 is 0. The van der Waals surface area contributed by atoms with Crippen LogP contribution in [0.2, 0.25) is 0 Å². The fourth-order valence-corrected chi connectivity index (χ4v) is 2.82. The minimum Gasteiger partial charge on any atom is -0.490 e. The van der Waals surface area contributed by atoms with Gasteiger partial charge in [0.2, 0.25) is 0 Å². The number of carbonyl (C=O) groups is 1. The smallest absolute Gasteiger partial charge is 0.258 e. The average Bonchev–Trinajstić information content (AvgIpc) is 2.53. The van der Waals surface area contributed by atoms with Crippen LogP contribution in [0.3, 0.4) is 0 Å². The van der Waals surface area contributed by atoms with Gasteiger partial charge in [-0.2, -0.15) is 5.26 Å². The summed E-state index contributed by atoms with van der Waals surface area (Å²) in [5.41, 5.74) is 3.95. The van der Waals surface area contributed by atoms with E-state index in [2.05, 4.69) is 6.07 Å². The normalized spacial score (nSPS) is 13.0. The summed E-state index contributed by atoms with van der Waals surface area (Å²) in [7, 11) is 0. The van der Waals surface area contributed by atoms with Crippen molar-refractivity contribution in [3.63, 3.8) is 0 Å². The second kappa shape index (κ2) is 5.53. The van der Waals surface area contributed by atoms with Gasteiger partial charge in [-0.25, -0.2) is 0 Å². The Balaban J connectivity index is 2.04. The number of nitriles is 1. The van der Waals surface area contributed by atoms with Gasteiger partial charge in [-0.05, 0) is 49.2 Å². The van der Waals surface area contributed by atoms with Crippen molar-refractivity contribution in [2.45, 2.75) is 13.8 Å². The van der Waals surface area contributed by atoms with Crippen LogP contribution in [0.1, 0.15) is 27.0 Å². The molecule has 1 amide bonds. The highest BCUT2D eigenvalue weighted by molar-refractivity contribution is 6.07. The fraction of sp³-hybridized carbons (Fsp3) is 0.222. The number of amides is 1. The molecule has 0 spiro atoms. The molecule has 1 heterocycles. The van der Waals surface area contributed by atoms with Crippen LogP contribution in [0, 0.1) is 25.2 Å². The number of ether oxygens (including phenoxy) is 1. The molecule has 4 nitrogen and oxygen atoms in total. The predicted molar refractivity (Wildman–Crippen MR) is 84.2 cm³/mol. The van der Waals surface area contributed by atoms with E-state index in [1.807, 2.05) is 26.0 Å². The number of hydrogen-bond donors (Lipinski definition) is 0. The lowest BCUT2D eigenvalue weighted by atomic mass is 10.1. The van der Waals surface area contributed by atoms with Crippen LogP contribution in [0.15, 0.2) is 36.4 Å². The van der Waals surface area contributed by atoms with Crippen molar-refractivity contribution in [1.82, 2.24) is 0 Å². The lowest BCUT2D eigenvalue weighted by Gasteiger charge is -2.31. The number of rotatable bonds is 1. The molecule has 3 rings (SSSR count). The molecule has 110 valence electrons. The molecule has 0 aromatic heterocycles. The summed E-state index contributed by atoms with van der Waals surface area (Å²) in [6.45, 7) is 4.96. The van der Waals surface area contributed by atoms with E-state index in [4.69, 9.17) is 10.00 Å². The molecule has 0 aliphatic carbocycles. The van der Waals surface area contributed by atoms with Crippen molar-refractivity contribution < 1.29 is 9.53 Å². The van der Waals surface area contributed by atoms with Gasteiger partial charge >= 0.3 is 0 Å². The van der Waals surface area contributed by atoms with Gasteiger partial charge in [-0.3, -0.25) is 4.79 Å². The molecule has 0 unspecified atom stereocenters. The van der Waals surface area contributed by atoms with Crippen molar-refractivity contribution in [3.05, 3.63) is 58.7 Å². The average molecular weight is 292 g/mol. The second-order valence-corrected chi connectivity index (χ2v) is 5.43. The van der Waals surface area contributed by atoms with Gasteiger partial charge in [0.1, 0.15) is 12.4 Å². The quantitative estimate of drug-likeness (QED) is 0.811. The highest BCUT2D eigenvalue weighted by Gasteiger charge is 2.26. The molecule has 1 aliphatic rings. The van der Waals surface area contributed by atoms with Crippen LogP contribution in [0.25, 0.3) is 0 Å². The molecule has 0 saturated heterocycles. The van der Waals surface area contributed by atoms with Gasteiger partial charge in [-0.15, -0.1) is 0 Å². The molecule has 0 N–H and O–H groups in total. The SMILES string of the molecule is Cc1cc(C)c2c(c1)OCCN2C(=O)c1cccc(C#N)c1. The number of hydrogen-bond acceptors (Lipinski definition) is 3. The summed E-state index contributed by atoms with van der Waals surface area (Å²) in [5, 5.41) is 8.99. The Hall–Kier alpha value is -2.80. The van der Waals surface area contributed by atoms with E-state index in [1.54, 1.807) is 29.2 Å². The number of benzene rings is 2. The van der Waals surface area contributed by atoms with Crippen LogP contribution in [0.5, 0.6) is 5.75 Å². The third kappa shape index (κ3) is 2.42. The van der Waals surface area contributed by atoms with Crippen molar-refractivity contribution in [2.75, 3.05) is 18.1 Å². The minimum absolute atomic E-state index is 0.103. The molecular formula is C18H16N2O2. The van der Waals surface area contributed by atoms with Crippen molar-refractivity contribution in [2.24, 2.45) is 0 Å². The predicted octanol–water partition coefficient (Wildman–Crippen LogP) is 3.21. The van der Waals surface area contributed by atoms with E-state index in [1.165, 1.54) is 0 Å². The molecule has 0 fully saturated rings. The second-order valence-electron chi connectivity index (χ2n) is 5.43. The largest absolute Gasteiger partial charge is 0.490 e. The first-order valence-corrected chi connectivity index (χ1v) is 7.16. The molecule has 2 aromatic rings. The van der Waals surface area contributed by atoms with E-state index in [9.17, 15) is 4.79 Å². The Bertz CT molecular complexity index is 790. The van der Waals surface area contributed by atoms with Gasteiger partial charge in [0.25, 0.3) is 5.91 Å². The highest BCUT2D eigenvalue weighted by atomic mass is 16.5. The zero-order valence-electron chi connectivity index (χ0n) is 12.6. The number of anilines is 1. The van der Waals surface area contributed by atoms with E-state index in [-0.39, 0.29) is 5.91 Å². The van der Waals surface area contributed by atoms with Crippen molar-refractivity contribution >= 4 is 11.6 Å². The topological polar surface area (TPSA) is 53.3 Å². The fourth-order valence-electron chi connectivity index (χ4n) is 2.82. The van der Waals surface area contributed by atoms with E-state index in [0.29, 0.717) is 24.3 Å². The molecule has 0 radical (unpaired) electrons. The Morgan fingerprint density at radius 1 is 1.27 bits per heavy atom. The summed E-state index contributed by atoms with van der Waals surface area (Å²) in [6.07, 6.45) is 0. The molecule has 2 aromatic carbocycles. The van der Waals surface area contributed by atoms with Crippen molar-refractivity contribution in [3.8, 4) is 11.8 Å². The van der Waals surface area contributed by atoms with Crippen molar-refractivity contribution in [1.29, 1.82) is 5.26 Å². The number of carbonyl (C=O) groups excluding carboxylic acids is 1. The first-order chi connectivity index (χ1) is 10.6. The Labute approximate surface area is 129 Å². The van der Waals surface area contributed by atoms with Crippen LogP contribution in [-0.4, -0.2) is 19.1 Å². The Kier molecular flexibility index (Phi) is 3.56. The maximum atomic E-state index is 12.8. The molecule has 0 saturated carbocycles. The third-order valence-electron chi connectivity index (χ3n) is 3.74. The van der Waals surface area contributed by atoms with Gasteiger partial charge in [0.15, 0.2) is 0 Å². The standard InChI is InChI=1S/C18H16N2O2/c1-12-8-13(2)17-16(9-12)22-7-6-20(17)18(21)15-5-3-4-14(10-15)11-19/h3-5,8-10H,6-7H2,1-2H3. The molecule has 0 bridgehead atoms. The maximum absolute atomic E-state index is 12.8. The summed E-state index contributed by atoms with van der Waals surface area (Å²) < 4.78 is 5.70. The number of nitrogens with zero attached hydrogens (tertiary/aromatic N) is 2. The van der Waals surface area contributed by atoms with Crippen LogP contribution >= 0.6 is 0 Å². The van der Waals surface area contributed by atoms with Crippen LogP contribution in [-0.2, 0) is 0 Å². The molecular weight excluding hydrogens is 276 g/mol. The zero-order chi connectivity index (χ0) is 15.7. The molecule has 4 heteroatoms. The Morgan fingerprint density at radius 3 is 2.86 bits per heavy atom. The summed E-state index contributed by atoms with van der Waals surface area (Å²) in [6, 6.07) is 12.8. The van der Waals surface area contributed by atoms with E-state index < -0.39 is 0 Å².